The zero-order chi connectivity index (χ0) is 11.6. The van der Waals surface area contributed by atoms with Gasteiger partial charge in [-0.15, -0.1) is 0 Å². The van der Waals surface area contributed by atoms with E-state index in [1.807, 2.05) is 4.90 Å². The number of amides is 1. The third-order valence-electron chi connectivity index (χ3n) is 2.52. The van der Waals surface area contributed by atoms with Gasteiger partial charge >= 0.3 is 0 Å². The highest BCUT2D eigenvalue weighted by molar-refractivity contribution is 9.09. The molecule has 4 heteroatoms. The van der Waals surface area contributed by atoms with E-state index in [1.165, 1.54) is 12.8 Å². The van der Waals surface area contributed by atoms with Crippen LogP contribution in [0, 0.1) is 11.8 Å². The highest BCUT2D eigenvalue weighted by atomic mass is 79.9. The number of unbranched alkanes of at least 4 members (excludes halogenated alkanes) is 1. The van der Waals surface area contributed by atoms with Crippen LogP contribution in [0.25, 0.3) is 0 Å². The number of carbonyl (C=O) groups is 1. The van der Waals surface area contributed by atoms with Crippen LogP contribution in [-0.2, 0) is 4.79 Å². The molecule has 0 radical (unpaired) electrons. The van der Waals surface area contributed by atoms with Gasteiger partial charge in [0.1, 0.15) is 0 Å². The molecule has 1 fully saturated rings. The highest BCUT2D eigenvalue weighted by Crippen LogP contribution is 2.07. The van der Waals surface area contributed by atoms with E-state index in [-0.39, 0.29) is 5.91 Å². The molecule has 1 saturated heterocycles. The van der Waals surface area contributed by atoms with Crippen LogP contribution in [0.3, 0.4) is 0 Å². The first kappa shape index (κ1) is 13.5. The fourth-order valence-corrected chi connectivity index (χ4v) is 1.98. The zero-order valence-corrected chi connectivity index (χ0v) is 11.2. The van der Waals surface area contributed by atoms with Crippen LogP contribution < -0.4 is 5.32 Å². The molecule has 16 heavy (non-hydrogen) atoms. The van der Waals surface area contributed by atoms with E-state index >= 15 is 0 Å². The molecule has 0 aromatic heterocycles. The molecule has 90 valence electrons. The second kappa shape index (κ2) is 8.60. The Hall–Kier alpha value is -0.530. The van der Waals surface area contributed by atoms with E-state index in [4.69, 9.17) is 0 Å². The molecule has 0 aliphatic carbocycles. The van der Waals surface area contributed by atoms with Crippen LogP contribution in [0.4, 0.5) is 0 Å². The summed E-state index contributed by atoms with van der Waals surface area (Å²) < 4.78 is 0. The maximum absolute atomic E-state index is 11.3. The lowest BCUT2D eigenvalue weighted by Crippen LogP contribution is -2.25. The number of rotatable bonds is 6. The molecule has 0 aromatic carbocycles. The van der Waals surface area contributed by atoms with Crippen molar-refractivity contribution >= 4 is 21.8 Å². The first-order valence-corrected chi connectivity index (χ1v) is 6.97. The lowest BCUT2D eigenvalue weighted by Gasteiger charge is -2.09. The molecule has 1 rings (SSSR count). The van der Waals surface area contributed by atoms with Crippen LogP contribution in [0.1, 0.15) is 25.7 Å². The second-order valence-electron chi connectivity index (χ2n) is 3.85. The Morgan fingerprint density at radius 2 is 2.25 bits per heavy atom. The minimum absolute atomic E-state index is 0.250. The van der Waals surface area contributed by atoms with Gasteiger partial charge in [0.15, 0.2) is 0 Å². The molecule has 0 aromatic rings. The van der Waals surface area contributed by atoms with Crippen molar-refractivity contribution in [2.75, 3.05) is 31.5 Å². The molecule has 1 heterocycles. The first-order chi connectivity index (χ1) is 7.84. The lowest BCUT2D eigenvalue weighted by molar-refractivity contribution is -0.127. The normalized spacial score (nSPS) is 15.1. The van der Waals surface area contributed by atoms with Gasteiger partial charge in [-0.3, -0.25) is 4.79 Å². The van der Waals surface area contributed by atoms with Crippen molar-refractivity contribution in [2.24, 2.45) is 0 Å². The number of carbonyl (C=O) groups excluding carboxylic acids is 1. The summed E-state index contributed by atoms with van der Waals surface area (Å²) in [5.41, 5.74) is 0. The smallest absolute Gasteiger partial charge is 0.223 e. The van der Waals surface area contributed by atoms with E-state index in [0.717, 1.165) is 31.4 Å². The van der Waals surface area contributed by atoms with Crippen LogP contribution in [0.2, 0.25) is 0 Å². The van der Waals surface area contributed by atoms with E-state index in [2.05, 4.69) is 33.1 Å². The summed E-state index contributed by atoms with van der Waals surface area (Å²) in [7, 11) is 0. The van der Waals surface area contributed by atoms with Gasteiger partial charge in [0.25, 0.3) is 0 Å². The molecular weight excluding hydrogens is 268 g/mol. The van der Waals surface area contributed by atoms with E-state index in [1.54, 1.807) is 0 Å². The van der Waals surface area contributed by atoms with Gasteiger partial charge in [-0.2, -0.15) is 0 Å². The number of hydrogen-bond acceptors (Lipinski definition) is 2. The largest absolute Gasteiger partial charge is 0.332 e. The van der Waals surface area contributed by atoms with Crippen LogP contribution >= 0.6 is 15.9 Å². The Balaban J connectivity index is 1.98. The molecule has 1 N–H and O–H groups in total. The molecular formula is C12H19BrN2O. The fourth-order valence-electron chi connectivity index (χ4n) is 1.58. The third kappa shape index (κ3) is 5.53. The summed E-state index contributed by atoms with van der Waals surface area (Å²) in [6, 6.07) is 0. The van der Waals surface area contributed by atoms with Gasteiger partial charge in [0.05, 0.1) is 13.1 Å². The van der Waals surface area contributed by atoms with Gasteiger partial charge < -0.3 is 10.2 Å². The maximum atomic E-state index is 11.3. The number of nitrogens with zero attached hydrogens (tertiary/aromatic N) is 1. The standard InChI is InChI=1S/C12H19BrN2O/c13-7-1-2-8-14-9-3-4-10-15-11-5-6-12(15)16/h14H,1-2,5-11H2. The maximum Gasteiger partial charge on any atom is 0.223 e. The Labute approximate surface area is 106 Å². The molecule has 0 bridgehead atoms. The van der Waals surface area contributed by atoms with Crippen molar-refractivity contribution in [1.29, 1.82) is 0 Å². The molecule has 0 saturated carbocycles. The minimum Gasteiger partial charge on any atom is -0.332 e. The topological polar surface area (TPSA) is 32.3 Å². The van der Waals surface area contributed by atoms with Crippen molar-refractivity contribution in [3.63, 3.8) is 0 Å². The molecule has 1 aliphatic heterocycles. The van der Waals surface area contributed by atoms with Crippen LogP contribution in [0.15, 0.2) is 0 Å². The second-order valence-corrected chi connectivity index (χ2v) is 4.64. The Bertz CT molecular complexity index is 270. The average molecular weight is 287 g/mol. The zero-order valence-electron chi connectivity index (χ0n) is 9.60. The lowest BCUT2D eigenvalue weighted by atomic mass is 10.3. The van der Waals surface area contributed by atoms with Crippen LogP contribution in [0.5, 0.6) is 0 Å². The first-order valence-electron chi connectivity index (χ1n) is 5.85. The summed E-state index contributed by atoms with van der Waals surface area (Å²) in [6.45, 7) is 3.22. The Morgan fingerprint density at radius 1 is 1.38 bits per heavy atom. The van der Waals surface area contributed by atoms with Gasteiger partial charge in [-0.25, -0.2) is 0 Å². The monoisotopic (exact) mass is 286 g/mol. The predicted molar refractivity (Wildman–Crippen MR) is 69.5 cm³/mol. The molecule has 0 atom stereocenters. The number of halogens is 1. The van der Waals surface area contributed by atoms with Gasteiger partial charge in [0, 0.05) is 18.3 Å². The van der Waals surface area contributed by atoms with Crippen molar-refractivity contribution in [3.8, 4) is 11.8 Å². The third-order valence-corrected chi connectivity index (χ3v) is 3.08. The molecule has 1 aliphatic rings. The van der Waals surface area contributed by atoms with E-state index in [9.17, 15) is 4.79 Å². The van der Waals surface area contributed by atoms with Crippen LogP contribution in [-0.4, -0.2) is 42.3 Å². The predicted octanol–water partition coefficient (Wildman–Crippen LogP) is 1.38. The van der Waals surface area contributed by atoms with Gasteiger partial charge in [0.2, 0.25) is 5.91 Å². The van der Waals surface area contributed by atoms with Crippen molar-refractivity contribution in [2.45, 2.75) is 25.7 Å². The van der Waals surface area contributed by atoms with Crippen molar-refractivity contribution in [3.05, 3.63) is 0 Å². The van der Waals surface area contributed by atoms with Crippen molar-refractivity contribution in [1.82, 2.24) is 10.2 Å². The molecule has 3 nitrogen and oxygen atoms in total. The van der Waals surface area contributed by atoms with Crippen molar-refractivity contribution < 1.29 is 4.79 Å². The minimum atomic E-state index is 0.250. The molecule has 0 spiro atoms. The van der Waals surface area contributed by atoms with E-state index in [0.29, 0.717) is 13.0 Å². The Kier molecular flexibility index (Phi) is 7.28. The molecule has 1 amide bonds. The summed E-state index contributed by atoms with van der Waals surface area (Å²) in [4.78, 5) is 13.1. The number of alkyl halides is 1. The van der Waals surface area contributed by atoms with Gasteiger partial charge in [-0.05, 0) is 25.8 Å². The van der Waals surface area contributed by atoms with E-state index < -0.39 is 0 Å². The number of hydrogen-bond donors (Lipinski definition) is 1. The number of nitrogens with one attached hydrogen (secondary N) is 1. The summed E-state index contributed by atoms with van der Waals surface area (Å²) >= 11 is 3.39. The Morgan fingerprint density at radius 3 is 2.94 bits per heavy atom. The quantitative estimate of drug-likeness (QED) is 0.455. The summed E-state index contributed by atoms with van der Waals surface area (Å²) in [5.74, 6) is 6.32. The summed E-state index contributed by atoms with van der Waals surface area (Å²) in [5, 5.41) is 4.33. The fraction of sp³-hybridized carbons (Fsp3) is 0.750. The average Bonchev–Trinajstić information content (AvgIpc) is 2.68. The number of likely N-dealkylation sites (tertiary alicyclic amines) is 1. The molecule has 0 unspecified atom stereocenters. The van der Waals surface area contributed by atoms with Gasteiger partial charge in [-0.1, -0.05) is 27.8 Å². The SMILES string of the molecule is O=C1CCCN1CC#CCNCCCCBr. The highest BCUT2D eigenvalue weighted by Gasteiger charge is 2.18. The summed E-state index contributed by atoms with van der Waals surface area (Å²) in [6.07, 6.45) is 4.07.